The van der Waals surface area contributed by atoms with Gasteiger partial charge < -0.3 is 5.32 Å². The fraction of sp³-hybridized carbons (Fsp3) is 0.125. The van der Waals surface area contributed by atoms with Crippen LogP contribution in [0.25, 0.3) is 0 Å². The molecular formula is C16H13F3N4O3. The molecule has 2 N–H and O–H groups in total. The third kappa shape index (κ3) is 5.03. The Bertz CT molecular complexity index is 849. The number of hydrogen-bond donors (Lipinski definition) is 2. The first-order valence-corrected chi connectivity index (χ1v) is 7.19. The lowest BCUT2D eigenvalue weighted by Crippen LogP contribution is -2.06. The highest BCUT2D eigenvalue weighted by atomic mass is 19.4. The van der Waals surface area contributed by atoms with Crippen molar-refractivity contribution in [2.24, 2.45) is 5.10 Å². The van der Waals surface area contributed by atoms with Gasteiger partial charge in [0.1, 0.15) is 5.69 Å². The first-order valence-electron chi connectivity index (χ1n) is 7.19. The number of alkyl halides is 3. The van der Waals surface area contributed by atoms with Crippen molar-refractivity contribution in [2.45, 2.75) is 13.1 Å². The van der Waals surface area contributed by atoms with Gasteiger partial charge in [0.2, 0.25) is 5.91 Å². The van der Waals surface area contributed by atoms with Gasteiger partial charge in [-0.15, -0.1) is 0 Å². The molecule has 0 spiro atoms. The highest BCUT2D eigenvalue weighted by Crippen LogP contribution is 2.34. The maximum absolute atomic E-state index is 12.6. The molecule has 0 unspecified atom stereocenters. The Balaban J connectivity index is 2.14. The molecule has 0 atom stereocenters. The summed E-state index contributed by atoms with van der Waals surface area (Å²) in [5.41, 5.74) is 1.53. The van der Waals surface area contributed by atoms with Crippen LogP contribution >= 0.6 is 0 Å². The van der Waals surface area contributed by atoms with Crippen molar-refractivity contribution >= 4 is 29.2 Å². The average Bonchev–Trinajstić information content (AvgIpc) is 2.55. The van der Waals surface area contributed by atoms with Crippen molar-refractivity contribution in [2.75, 3.05) is 10.7 Å². The van der Waals surface area contributed by atoms with E-state index in [1.165, 1.54) is 13.1 Å². The zero-order valence-electron chi connectivity index (χ0n) is 13.4. The third-order valence-corrected chi connectivity index (χ3v) is 3.15. The van der Waals surface area contributed by atoms with Crippen LogP contribution in [0, 0.1) is 10.1 Å². The van der Waals surface area contributed by atoms with Gasteiger partial charge in [0, 0.05) is 18.7 Å². The Morgan fingerprint density at radius 3 is 2.38 bits per heavy atom. The minimum Gasteiger partial charge on any atom is -0.326 e. The summed E-state index contributed by atoms with van der Waals surface area (Å²) in [6, 6.07) is 8.65. The van der Waals surface area contributed by atoms with Gasteiger partial charge >= 0.3 is 6.18 Å². The van der Waals surface area contributed by atoms with Crippen LogP contribution in [0.5, 0.6) is 0 Å². The number of nitro groups is 1. The molecule has 0 radical (unpaired) electrons. The monoisotopic (exact) mass is 366 g/mol. The second kappa shape index (κ2) is 7.64. The van der Waals surface area contributed by atoms with Gasteiger partial charge in [0.15, 0.2) is 0 Å². The zero-order valence-corrected chi connectivity index (χ0v) is 13.4. The lowest BCUT2D eigenvalue weighted by molar-refractivity contribution is -0.384. The first-order chi connectivity index (χ1) is 12.2. The highest BCUT2D eigenvalue weighted by Gasteiger charge is 2.33. The number of nitrogens with one attached hydrogen (secondary N) is 2. The van der Waals surface area contributed by atoms with Crippen LogP contribution in [0.1, 0.15) is 18.1 Å². The molecule has 7 nitrogen and oxygen atoms in total. The molecule has 0 aliphatic heterocycles. The number of hydrazone groups is 1. The van der Waals surface area contributed by atoms with Crippen LogP contribution in [-0.4, -0.2) is 17.0 Å². The quantitative estimate of drug-likeness (QED) is 0.474. The van der Waals surface area contributed by atoms with Gasteiger partial charge in [-0.2, -0.15) is 18.3 Å². The summed E-state index contributed by atoms with van der Waals surface area (Å²) in [7, 11) is 0. The number of halogens is 3. The number of nitrogens with zero attached hydrogens (tertiary/aromatic N) is 2. The minimum atomic E-state index is -4.68. The Labute approximate surface area is 145 Å². The van der Waals surface area contributed by atoms with E-state index in [9.17, 15) is 28.1 Å². The zero-order chi connectivity index (χ0) is 19.3. The van der Waals surface area contributed by atoms with Crippen molar-refractivity contribution < 1.29 is 22.9 Å². The van der Waals surface area contributed by atoms with E-state index in [1.54, 1.807) is 24.3 Å². The molecule has 26 heavy (non-hydrogen) atoms. The van der Waals surface area contributed by atoms with Crippen LogP contribution in [0.4, 0.5) is 30.2 Å². The van der Waals surface area contributed by atoms with E-state index in [1.807, 2.05) is 0 Å². The smallest absolute Gasteiger partial charge is 0.326 e. The number of rotatable bonds is 5. The average molecular weight is 366 g/mol. The number of amides is 1. The molecule has 0 saturated carbocycles. The fourth-order valence-electron chi connectivity index (χ4n) is 1.99. The summed E-state index contributed by atoms with van der Waals surface area (Å²) >= 11 is 0. The second-order valence-electron chi connectivity index (χ2n) is 5.16. The summed E-state index contributed by atoms with van der Waals surface area (Å²) in [6.07, 6.45) is -3.35. The Morgan fingerprint density at radius 1 is 1.19 bits per heavy atom. The van der Waals surface area contributed by atoms with Gasteiger partial charge in [-0.1, -0.05) is 12.1 Å². The van der Waals surface area contributed by atoms with Crippen molar-refractivity contribution in [3.8, 4) is 0 Å². The van der Waals surface area contributed by atoms with Crippen molar-refractivity contribution in [1.82, 2.24) is 0 Å². The Hall–Kier alpha value is -3.43. The van der Waals surface area contributed by atoms with Crippen molar-refractivity contribution in [1.29, 1.82) is 0 Å². The number of nitro benzene ring substituents is 1. The maximum Gasteiger partial charge on any atom is 0.416 e. The molecule has 0 aliphatic rings. The number of carbonyl (C=O) groups is 1. The summed E-state index contributed by atoms with van der Waals surface area (Å²) in [5.74, 6) is -0.220. The molecule has 0 aliphatic carbocycles. The fourth-order valence-corrected chi connectivity index (χ4v) is 1.99. The van der Waals surface area contributed by atoms with E-state index in [-0.39, 0.29) is 11.6 Å². The Kier molecular flexibility index (Phi) is 5.55. The normalized spacial score (nSPS) is 11.4. The summed E-state index contributed by atoms with van der Waals surface area (Å²) in [4.78, 5) is 21.0. The van der Waals surface area contributed by atoms with E-state index in [0.29, 0.717) is 17.3 Å². The van der Waals surface area contributed by atoms with Crippen LogP contribution in [0.2, 0.25) is 0 Å². The van der Waals surface area contributed by atoms with Crippen LogP contribution in [0.3, 0.4) is 0 Å². The number of hydrogen-bond acceptors (Lipinski definition) is 5. The highest BCUT2D eigenvalue weighted by molar-refractivity contribution is 5.89. The van der Waals surface area contributed by atoms with E-state index in [0.717, 1.165) is 12.1 Å². The molecule has 0 saturated heterocycles. The van der Waals surface area contributed by atoms with Crippen molar-refractivity contribution in [3.05, 3.63) is 63.7 Å². The molecule has 136 valence electrons. The van der Waals surface area contributed by atoms with Crippen LogP contribution < -0.4 is 10.7 Å². The van der Waals surface area contributed by atoms with Gasteiger partial charge in [-0.3, -0.25) is 20.3 Å². The van der Waals surface area contributed by atoms with Gasteiger partial charge in [-0.25, -0.2) is 0 Å². The number of benzene rings is 2. The first kappa shape index (κ1) is 18.9. The minimum absolute atomic E-state index is 0.172. The molecule has 2 aromatic rings. The van der Waals surface area contributed by atoms with E-state index in [4.69, 9.17) is 0 Å². The van der Waals surface area contributed by atoms with Crippen LogP contribution in [0.15, 0.2) is 47.6 Å². The number of carbonyl (C=O) groups excluding carboxylic acids is 1. The third-order valence-electron chi connectivity index (χ3n) is 3.15. The largest absolute Gasteiger partial charge is 0.416 e. The summed E-state index contributed by atoms with van der Waals surface area (Å²) in [5, 5.41) is 17.3. The topological polar surface area (TPSA) is 96.6 Å². The van der Waals surface area contributed by atoms with Crippen molar-refractivity contribution in [3.63, 3.8) is 0 Å². The van der Waals surface area contributed by atoms with E-state index in [2.05, 4.69) is 15.8 Å². The standard InChI is InChI=1S/C16H13F3N4O3/c1-10(24)21-13-5-2-11(3-6-13)9-20-22-14-7-4-12(16(17,18)19)8-15(14)23(25)26/h2-9,22H,1H3,(H,21,24). The molecule has 0 heterocycles. The van der Waals surface area contributed by atoms with Gasteiger partial charge in [0.05, 0.1) is 16.7 Å². The molecule has 2 rings (SSSR count). The molecule has 0 bridgehead atoms. The Morgan fingerprint density at radius 2 is 1.85 bits per heavy atom. The summed E-state index contributed by atoms with van der Waals surface area (Å²) < 4.78 is 37.9. The predicted molar refractivity (Wildman–Crippen MR) is 90.1 cm³/mol. The van der Waals surface area contributed by atoms with Gasteiger partial charge in [-0.05, 0) is 29.8 Å². The molecule has 1 amide bonds. The second-order valence-corrected chi connectivity index (χ2v) is 5.16. The summed E-state index contributed by atoms with van der Waals surface area (Å²) in [6.45, 7) is 1.37. The van der Waals surface area contributed by atoms with Crippen LogP contribution in [-0.2, 0) is 11.0 Å². The molecule has 10 heteroatoms. The molecular weight excluding hydrogens is 353 g/mol. The van der Waals surface area contributed by atoms with Gasteiger partial charge in [0.25, 0.3) is 5.69 Å². The molecule has 0 fully saturated rings. The maximum atomic E-state index is 12.6. The predicted octanol–water partition coefficient (Wildman–Crippen LogP) is 4.02. The van der Waals surface area contributed by atoms with E-state index >= 15 is 0 Å². The molecule has 0 aromatic heterocycles. The van der Waals surface area contributed by atoms with E-state index < -0.39 is 22.4 Å². The SMILES string of the molecule is CC(=O)Nc1ccc(C=NNc2ccc(C(F)(F)F)cc2[N+](=O)[O-])cc1. The lowest BCUT2D eigenvalue weighted by Gasteiger charge is -2.08. The number of anilines is 2. The molecule has 2 aromatic carbocycles. The lowest BCUT2D eigenvalue weighted by atomic mass is 10.1.